The Morgan fingerprint density at radius 1 is 1.44 bits per heavy atom. The van der Waals surface area contributed by atoms with E-state index in [4.69, 9.17) is 11.0 Å². The summed E-state index contributed by atoms with van der Waals surface area (Å²) in [5, 5.41) is 8.81. The minimum atomic E-state index is -3.56. The van der Waals surface area contributed by atoms with Gasteiger partial charge in [0.05, 0.1) is 16.5 Å². The van der Waals surface area contributed by atoms with Crippen molar-refractivity contribution in [2.24, 2.45) is 5.73 Å². The Labute approximate surface area is 107 Å². The predicted octanol–water partition coefficient (Wildman–Crippen LogP) is 0.635. The van der Waals surface area contributed by atoms with Crippen molar-refractivity contribution in [1.82, 2.24) is 4.72 Å². The highest BCUT2D eigenvalue weighted by molar-refractivity contribution is 7.89. The molecule has 0 saturated heterocycles. The first-order valence-corrected chi connectivity index (χ1v) is 7.19. The van der Waals surface area contributed by atoms with Gasteiger partial charge in [-0.25, -0.2) is 13.1 Å². The largest absolute Gasteiger partial charge is 0.328 e. The molecular formula is C12H15N3O2S. The van der Waals surface area contributed by atoms with E-state index in [-0.39, 0.29) is 17.0 Å². The Balaban J connectivity index is 2.27. The van der Waals surface area contributed by atoms with Crippen molar-refractivity contribution in [1.29, 1.82) is 5.26 Å². The fourth-order valence-electron chi connectivity index (χ4n) is 2.00. The number of benzene rings is 1. The topological polar surface area (TPSA) is 96.0 Å². The van der Waals surface area contributed by atoms with Crippen LogP contribution >= 0.6 is 0 Å². The van der Waals surface area contributed by atoms with Crippen molar-refractivity contribution < 1.29 is 8.42 Å². The van der Waals surface area contributed by atoms with Crippen molar-refractivity contribution in [2.75, 3.05) is 0 Å². The summed E-state index contributed by atoms with van der Waals surface area (Å²) in [7, 11) is -3.56. The molecule has 2 rings (SSSR count). The lowest BCUT2D eigenvalue weighted by Gasteiger charge is -2.32. The maximum atomic E-state index is 12.2. The summed E-state index contributed by atoms with van der Waals surface area (Å²) < 4.78 is 27.0. The van der Waals surface area contributed by atoms with E-state index in [1.54, 1.807) is 19.1 Å². The summed E-state index contributed by atoms with van der Waals surface area (Å²) in [6.07, 6.45) is 1.33. The number of nitrogens with zero attached hydrogens (tertiary/aromatic N) is 1. The van der Waals surface area contributed by atoms with Crippen LogP contribution in [-0.4, -0.2) is 20.5 Å². The molecule has 0 amide bonds. The summed E-state index contributed by atoms with van der Waals surface area (Å²) in [5.74, 6) is 0. The van der Waals surface area contributed by atoms with Gasteiger partial charge in [0.15, 0.2) is 0 Å². The van der Waals surface area contributed by atoms with Crippen molar-refractivity contribution in [3.8, 4) is 6.07 Å². The number of nitriles is 1. The molecule has 6 heteroatoms. The lowest BCUT2D eigenvalue weighted by Crippen LogP contribution is -2.50. The molecule has 96 valence electrons. The average Bonchev–Trinajstić information content (AvgIpc) is 2.27. The highest BCUT2D eigenvalue weighted by Crippen LogP contribution is 2.22. The van der Waals surface area contributed by atoms with Gasteiger partial charge in [0, 0.05) is 12.1 Å². The summed E-state index contributed by atoms with van der Waals surface area (Å²) in [4.78, 5) is 0.169. The monoisotopic (exact) mass is 265 g/mol. The molecular weight excluding hydrogens is 250 g/mol. The molecule has 0 atom stereocenters. The third kappa shape index (κ3) is 2.53. The predicted molar refractivity (Wildman–Crippen MR) is 67.2 cm³/mol. The normalized spacial score (nSPS) is 23.2. The molecule has 0 heterocycles. The van der Waals surface area contributed by atoms with E-state index in [2.05, 4.69) is 4.72 Å². The van der Waals surface area contributed by atoms with Crippen LogP contribution in [0.1, 0.15) is 24.0 Å². The van der Waals surface area contributed by atoms with Crippen LogP contribution in [0.3, 0.4) is 0 Å². The van der Waals surface area contributed by atoms with Gasteiger partial charge in [-0.05, 0) is 37.5 Å². The number of aryl methyl sites for hydroxylation is 1. The average molecular weight is 265 g/mol. The van der Waals surface area contributed by atoms with Crippen LogP contribution in [0.4, 0.5) is 0 Å². The van der Waals surface area contributed by atoms with Gasteiger partial charge in [-0.3, -0.25) is 0 Å². The molecule has 0 spiro atoms. The zero-order valence-electron chi connectivity index (χ0n) is 10.1. The molecule has 5 nitrogen and oxygen atoms in total. The molecule has 18 heavy (non-hydrogen) atoms. The molecule has 1 saturated carbocycles. The molecule has 3 N–H and O–H groups in total. The van der Waals surface area contributed by atoms with E-state index in [9.17, 15) is 8.42 Å². The van der Waals surface area contributed by atoms with Gasteiger partial charge in [-0.2, -0.15) is 5.26 Å². The van der Waals surface area contributed by atoms with Crippen molar-refractivity contribution in [3.05, 3.63) is 29.3 Å². The maximum absolute atomic E-state index is 12.2. The van der Waals surface area contributed by atoms with Crippen LogP contribution in [0.25, 0.3) is 0 Å². The molecule has 0 radical (unpaired) electrons. The minimum absolute atomic E-state index is 0.0873. The molecule has 0 unspecified atom stereocenters. The van der Waals surface area contributed by atoms with Crippen LogP contribution < -0.4 is 10.5 Å². The molecule has 1 fully saturated rings. The van der Waals surface area contributed by atoms with Crippen molar-refractivity contribution in [2.45, 2.75) is 36.7 Å². The summed E-state index contributed by atoms with van der Waals surface area (Å²) in [6.45, 7) is 1.71. The van der Waals surface area contributed by atoms with Gasteiger partial charge in [0.1, 0.15) is 0 Å². The Bertz CT molecular complexity index is 598. The Morgan fingerprint density at radius 2 is 2.11 bits per heavy atom. The quantitative estimate of drug-likeness (QED) is 0.838. The molecule has 0 aromatic heterocycles. The highest BCUT2D eigenvalue weighted by atomic mass is 32.2. The van der Waals surface area contributed by atoms with Crippen LogP contribution in [-0.2, 0) is 10.0 Å². The van der Waals surface area contributed by atoms with Crippen LogP contribution in [0.15, 0.2) is 23.1 Å². The third-order valence-corrected chi connectivity index (χ3v) is 4.77. The van der Waals surface area contributed by atoms with E-state index in [0.29, 0.717) is 24.0 Å². The van der Waals surface area contributed by atoms with Crippen molar-refractivity contribution >= 4 is 10.0 Å². The number of hydrogen-bond donors (Lipinski definition) is 2. The number of rotatable bonds is 3. The SMILES string of the molecule is Cc1ccc(C#N)cc1S(=O)(=O)NC1CC(N)C1. The van der Waals surface area contributed by atoms with Crippen LogP contribution in [0.2, 0.25) is 0 Å². The molecule has 1 aromatic carbocycles. The molecule has 0 bridgehead atoms. The zero-order chi connectivity index (χ0) is 13.3. The smallest absolute Gasteiger partial charge is 0.241 e. The lowest BCUT2D eigenvalue weighted by molar-refractivity contribution is 0.327. The van der Waals surface area contributed by atoms with E-state index in [1.165, 1.54) is 6.07 Å². The molecule has 1 aliphatic carbocycles. The van der Waals surface area contributed by atoms with Crippen molar-refractivity contribution in [3.63, 3.8) is 0 Å². The molecule has 1 aromatic rings. The van der Waals surface area contributed by atoms with E-state index in [0.717, 1.165) is 0 Å². The minimum Gasteiger partial charge on any atom is -0.328 e. The maximum Gasteiger partial charge on any atom is 0.241 e. The first-order valence-electron chi connectivity index (χ1n) is 5.71. The first kappa shape index (κ1) is 13.0. The van der Waals surface area contributed by atoms with Crippen LogP contribution in [0, 0.1) is 18.3 Å². The fourth-order valence-corrected chi connectivity index (χ4v) is 3.53. The van der Waals surface area contributed by atoms with Gasteiger partial charge in [0.25, 0.3) is 0 Å². The second kappa shape index (κ2) is 4.69. The number of sulfonamides is 1. The molecule has 1 aliphatic rings. The van der Waals surface area contributed by atoms with E-state index >= 15 is 0 Å². The van der Waals surface area contributed by atoms with Gasteiger partial charge < -0.3 is 5.73 Å². The fraction of sp³-hybridized carbons (Fsp3) is 0.417. The van der Waals surface area contributed by atoms with E-state index in [1.807, 2.05) is 6.07 Å². The van der Waals surface area contributed by atoms with Gasteiger partial charge in [-0.1, -0.05) is 6.07 Å². The van der Waals surface area contributed by atoms with E-state index < -0.39 is 10.0 Å². The Hall–Kier alpha value is -1.42. The highest BCUT2D eigenvalue weighted by Gasteiger charge is 2.30. The summed E-state index contributed by atoms with van der Waals surface area (Å²) in [5.41, 5.74) is 6.59. The zero-order valence-corrected chi connectivity index (χ0v) is 10.9. The first-order chi connectivity index (χ1) is 8.42. The van der Waals surface area contributed by atoms with Gasteiger partial charge >= 0.3 is 0 Å². The second-order valence-electron chi connectivity index (χ2n) is 4.64. The summed E-state index contributed by atoms with van der Waals surface area (Å²) in [6, 6.07) is 6.58. The van der Waals surface area contributed by atoms with Gasteiger partial charge in [0.2, 0.25) is 10.0 Å². The standard InChI is InChI=1S/C12H15N3O2S/c1-8-2-3-9(7-13)4-12(8)18(16,17)15-11-5-10(14)6-11/h2-4,10-11,15H,5-6,14H2,1H3. The molecule has 0 aliphatic heterocycles. The Kier molecular flexibility index (Phi) is 3.39. The summed E-state index contributed by atoms with van der Waals surface area (Å²) >= 11 is 0. The number of nitrogens with two attached hydrogens (primary N) is 1. The third-order valence-electron chi connectivity index (χ3n) is 3.10. The number of hydrogen-bond acceptors (Lipinski definition) is 4. The number of nitrogens with one attached hydrogen (secondary N) is 1. The van der Waals surface area contributed by atoms with Crippen LogP contribution in [0.5, 0.6) is 0 Å². The Morgan fingerprint density at radius 3 is 2.67 bits per heavy atom. The lowest BCUT2D eigenvalue weighted by atomic mass is 9.89. The van der Waals surface area contributed by atoms with Gasteiger partial charge in [-0.15, -0.1) is 0 Å². The second-order valence-corrected chi connectivity index (χ2v) is 6.32.